The van der Waals surface area contributed by atoms with E-state index in [2.05, 4.69) is 38.1 Å². The van der Waals surface area contributed by atoms with Gasteiger partial charge in [0.2, 0.25) is 0 Å². The molecule has 2 rings (SSSR count). The fourth-order valence-corrected chi connectivity index (χ4v) is 2.84. The first-order valence-corrected chi connectivity index (χ1v) is 7.15. The maximum absolute atomic E-state index is 4.55. The van der Waals surface area contributed by atoms with Crippen molar-refractivity contribution < 1.29 is 0 Å². The van der Waals surface area contributed by atoms with Crippen molar-refractivity contribution in [1.82, 2.24) is 15.3 Å². The van der Waals surface area contributed by atoms with Crippen LogP contribution in [0.25, 0.3) is 10.7 Å². The first kappa shape index (κ1) is 12.7. The van der Waals surface area contributed by atoms with Crippen molar-refractivity contribution in [2.45, 2.75) is 20.4 Å². The van der Waals surface area contributed by atoms with Crippen LogP contribution in [0.4, 0.5) is 0 Å². The smallest absolute Gasteiger partial charge is 0.169 e. The summed E-state index contributed by atoms with van der Waals surface area (Å²) in [6.45, 7) is 5.91. The zero-order chi connectivity index (χ0) is 12.3. The predicted octanol–water partition coefficient (Wildman–Crippen LogP) is 3.39. The minimum absolute atomic E-state index is 0.804. The average molecular weight is 312 g/mol. The Morgan fingerprint density at radius 3 is 2.88 bits per heavy atom. The number of nitrogens with one attached hydrogen (secondary N) is 1. The van der Waals surface area contributed by atoms with Crippen LogP contribution in [-0.4, -0.2) is 16.5 Å². The van der Waals surface area contributed by atoms with Crippen LogP contribution in [0.2, 0.25) is 0 Å². The monoisotopic (exact) mass is 311 g/mol. The number of aryl methyl sites for hydroxylation is 1. The number of hydrogen-bond donors (Lipinski definition) is 1. The number of aromatic nitrogens is 2. The van der Waals surface area contributed by atoms with Gasteiger partial charge in [0.25, 0.3) is 0 Å². The molecule has 0 atom stereocenters. The molecule has 2 aromatic heterocycles. The Hall–Kier alpha value is -0.780. The number of thiophene rings is 1. The molecule has 0 saturated heterocycles. The molecule has 0 radical (unpaired) electrons. The topological polar surface area (TPSA) is 37.8 Å². The lowest BCUT2D eigenvalue weighted by atomic mass is 10.2. The van der Waals surface area contributed by atoms with E-state index in [9.17, 15) is 0 Å². The van der Waals surface area contributed by atoms with Crippen molar-refractivity contribution in [3.8, 4) is 10.7 Å². The second-order valence-electron chi connectivity index (χ2n) is 3.71. The molecule has 0 aliphatic carbocycles. The first-order chi connectivity index (χ1) is 8.20. The van der Waals surface area contributed by atoms with Crippen molar-refractivity contribution in [2.75, 3.05) is 6.54 Å². The summed E-state index contributed by atoms with van der Waals surface area (Å²) in [4.78, 5) is 10.1. The molecule has 90 valence electrons. The van der Waals surface area contributed by atoms with Gasteiger partial charge in [-0.1, -0.05) is 6.92 Å². The molecule has 0 amide bonds. The maximum atomic E-state index is 4.55. The Bertz CT molecular complexity index is 510. The lowest BCUT2D eigenvalue weighted by molar-refractivity contribution is 0.716. The van der Waals surface area contributed by atoms with Crippen molar-refractivity contribution in [3.05, 3.63) is 33.4 Å². The molecule has 0 bridgehead atoms. The third-order valence-electron chi connectivity index (χ3n) is 2.43. The van der Waals surface area contributed by atoms with Gasteiger partial charge in [-0.3, -0.25) is 0 Å². The molecule has 0 spiro atoms. The van der Waals surface area contributed by atoms with E-state index in [1.807, 2.05) is 24.6 Å². The Kier molecular flexibility index (Phi) is 4.25. The molecule has 0 aliphatic heterocycles. The van der Waals surface area contributed by atoms with Crippen molar-refractivity contribution >= 4 is 27.3 Å². The van der Waals surface area contributed by atoms with Gasteiger partial charge in [-0.25, -0.2) is 9.97 Å². The Morgan fingerprint density at radius 1 is 1.47 bits per heavy atom. The van der Waals surface area contributed by atoms with E-state index < -0.39 is 0 Å². The van der Waals surface area contributed by atoms with E-state index in [0.717, 1.165) is 39.5 Å². The Balaban J connectivity index is 2.24. The Morgan fingerprint density at radius 2 is 2.29 bits per heavy atom. The number of halogens is 1. The average Bonchev–Trinajstić information content (AvgIpc) is 2.74. The van der Waals surface area contributed by atoms with Crippen molar-refractivity contribution in [2.24, 2.45) is 0 Å². The molecule has 0 saturated carbocycles. The van der Waals surface area contributed by atoms with Gasteiger partial charge in [0.1, 0.15) is 0 Å². The molecule has 0 unspecified atom stereocenters. The zero-order valence-electron chi connectivity index (χ0n) is 9.83. The minimum atomic E-state index is 0.804. The molecule has 2 aromatic rings. The SMILES string of the molecule is CCNCc1cnc(-c2cc(Br)cs2)nc1C. The van der Waals surface area contributed by atoms with Gasteiger partial charge in [-0.2, -0.15) is 0 Å². The molecule has 3 nitrogen and oxygen atoms in total. The fraction of sp³-hybridized carbons (Fsp3) is 0.333. The predicted molar refractivity (Wildman–Crippen MR) is 75.2 cm³/mol. The molecule has 2 heterocycles. The van der Waals surface area contributed by atoms with Gasteiger partial charge in [0.15, 0.2) is 5.82 Å². The zero-order valence-corrected chi connectivity index (χ0v) is 12.2. The van der Waals surface area contributed by atoms with Gasteiger partial charge in [-0.05, 0) is 35.5 Å². The molecule has 17 heavy (non-hydrogen) atoms. The van der Waals surface area contributed by atoms with Crippen LogP contribution in [0.5, 0.6) is 0 Å². The van der Waals surface area contributed by atoms with E-state index >= 15 is 0 Å². The van der Waals surface area contributed by atoms with Gasteiger partial charge in [-0.15, -0.1) is 11.3 Å². The summed E-state index contributed by atoms with van der Waals surface area (Å²) >= 11 is 5.09. The molecule has 0 aliphatic rings. The summed E-state index contributed by atoms with van der Waals surface area (Å²) in [5.74, 6) is 0.804. The quantitative estimate of drug-likeness (QED) is 0.940. The van der Waals surface area contributed by atoms with Gasteiger partial charge in [0.05, 0.1) is 4.88 Å². The molecular weight excluding hydrogens is 298 g/mol. The molecule has 0 fully saturated rings. The highest BCUT2D eigenvalue weighted by Gasteiger charge is 2.07. The van der Waals surface area contributed by atoms with Gasteiger partial charge in [0, 0.05) is 33.9 Å². The van der Waals surface area contributed by atoms with E-state index in [1.54, 1.807) is 11.3 Å². The molecule has 5 heteroatoms. The standard InChI is InChI=1S/C12H14BrN3S/c1-3-14-5-9-6-15-12(16-8(9)2)11-4-10(13)7-17-11/h4,6-7,14H,3,5H2,1-2H3. The largest absolute Gasteiger partial charge is 0.313 e. The van der Waals surface area contributed by atoms with E-state index in [1.165, 1.54) is 0 Å². The van der Waals surface area contributed by atoms with Crippen LogP contribution in [0.15, 0.2) is 22.1 Å². The van der Waals surface area contributed by atoms with E-state index in [-0.39, 0.29) is 0 Å². The van der Waals surface area contributed by atoms with Crippen LogP contribution >= 0.6 is 27.3 Å². The lowest BCUT2D eigenvalue weighted by Gasteiger charge is -2.06. The third-order valence-corrected chi connectivity index (χ3v) is 4.12. The summed E-state index contributed by atoms with van der Waals surface area (Å²) in [7, 11) is 0. The summed E-state index contributed by atoms with van der Waals surface area (Å²) in [5.41, 5.74) is 2.20. The Labute approximate surface area is 113 Å². The van der Waals surface area contributed by atoms with Gasteiger partial charge < -0.3 is 5.32 Å². The van der Waals surface area contributed by atoms with Crippen molar-refractivity contribution in [3.63, 3.8) is 0 Å². The van der Waals surface area contributed by atoms with Crippen LogP contribution in [0, 0.1) is 6.92 Å². The summed E-state index contributed by atoms with van der Waals surface area (Å²) in [6.07, 6.45) is 1.91. The first-order valence-electron chi connectivity index (χ1n) is 5.48. The summed E-state index contributed by atoms with van der Waals surface area (Å²) < 4.78 is 1.08. The second kappa shape index (κ2) is 5.71. The number of rotatable bonds is 4. The third kappa shape index (κ3) is 3.12. The lowest BCUT2D eigenvalue weighted by Crippen LogP contribution is -2.13. The fourth-order valence-electron chi connectivity index (χ4n) is 1.47. The summed E-state index contributed by atoms with van der Waals surface area (Å²) in [6, 6.07) is 2.05. The minimum Gasteiger partial charge on any atom is -0.313 e. The number of nitrogens with zero attached hydrogens (tertiary/aromatic N) is 2. The highest BCUT2D eigenvalue weighted by molar-refractivity contribution is 9.10. The normalized spacial score (nSPS) is 10.8. The van der Waals surface area contributed by atoms with Crippen molar-refractivity contribution in [1.29, 1.82) is 0 Å². The van der Waals surface area contributed by atoms with E-state index in [0.29, 0.717) is 0 Å². The van der Waals surface area contributed by atoms with Crippen LogP contribution in [-0.2, 0) is 6.54 Å². The van der Waals surface area contributed by atoms with Gasteiger partial charge >= 0.3 is 0 Å². The highest BCUT2D eigenvalue weighted by Crippen LogP contribution is 2.27. The summed E-state index contributed by atoms with van der Waals surface area (Å²) in [5, 5.41) is 5.33. The molecular formula is C12H14BrN3S. The maximum Gasteiger partial charge on any atom is 0.169 e. The molecule has 0 aromatic carbocycles. The van der Waals surface area contributed by atoms with Crippen LogP contribution in [0.1, 0.15) is 18.2 Å². The molecule has 1 N–H and O–H groups in total. The number of hydrogen-bond acceptors (Lipinski definition) is 4. The second-order valence-corrected chi connectivity index (χ2v) is 5.54. The van der Waals surface area contributed by atoms with Crippen LogP contribution < -0.4 is 5.32 Å². The highest BCUT2D eigenvalue weighted by atomic mass is 79.9. The van der Waals surface area contributed by atoms with Crippen LogP contribution in [0.3, 0.4) is 0 Å². The van der Waals surface area contributed by atoms with E-state index in [4.69, 9.17) is 0 Å².